The highest BCUT2D eigenvalue weighted by molar-refractivity contribution is 5.78. The van der Waals surface area contributed by atoms with Gasteiger partial charge in [-0.3, -0.25) is 4.68 Å². The molecule has 2 aromatic rings. The molecule has 0 saturated carbocycles. The van der Waals surface area contributed by atoms with Crippen molar-refractivity contribution in [1.82, 2.24) is 9.78 Å². The lowest BCUT2D eigenvalue weighted by Crippen LogP contribution is -1.98. The molecule has 2 N–H and O–H groups in total. The Morgan fingerprint density at radius 3 is 2.40 bits per heavy atom. The fourth-order valence-electron chi connectivity index (χ4n) is 1.86. The second-order valence-electron chi connectivity index (χ2n) is 3.78. The van der Waals surface area contributed by atoms with Crippen LogP contribution in [0, 0.1) is 13.8 Å². The van der Waals surface area contributed by atoms with Gasteiger partial charge in [0.2, 0.25) is 0 Å². The molecule has 15 heavy (non-hydrogen) atoms. The normalized spacial score (nSPS) is 10.6. The van der Waals surface area contributed by atoms with E-state index in [4.69, 9.17) is 5.73 Å². The van der Waals surface area contributed by atoms with E-state index in [0.29, 0.717) is 0 Å². The van der Waals surface area contributed by atoms with Crippen LogP contribution in [0.4, 0.5) is 5.82 Å². The Hall–Kier alpha value is -1.77. The van der Waals surface area contributed by atoms with Crippen molar-refractivity contribution in [1.29, 1.82) is 0 Å². The van der Waals surface area contributed by atoms with E-state index < -0.39 is 0 Å². The van der Waals surface area contributed by atoms with Gasteiger partial charge in [0.25, 0.3) is 0 Å². The third-order valence-corrected chi connectivity index (χ3v) is 2.68. The molecule has 0 atom stereocenters. The molecule has 1 aromatic carbocycles. The molecule has 0 amide bonds. The zero-order chi connectivity index (χ0) is 11.0. The molecule has 0 aliphatic rings. The maximum Gasteiger partial charge on any atom is 0.129 e. The first-order chi connectivity index (χ1) is 7.11. The van der Waals surface area contributed by atoms with Gasteiger partial charge in [-0.1, -0.05) is 24.3 Å². The zero-order valence-electron chi connectivity index (χ0n) is 9.28. The number of nitrogens with zero attached hydrogens (tertiary/aromatic N) is 2. The summed E-state index contributed by atoms with van der Waals surface area (Å²) in [5, 5.41) is 4.32. The molecule has 0 bridgehead atoms. The molecule has 3 heteroatoms. The average Bonchev–Trinajstić information content (AvgIpc) is 2.43. The van der Waals surface area contributed by atoms with Crippen LogP contribution >= 0.6 is 0 Å². The molecular formula is C12H15N3. The Bertz CT molecular complexity index is 498. The summed E-state index contributed by atoms with van der Waals surface area (Å²) < 4.78 is 1.72. The maximum atomic E-state index is 6.00. The number of hydrogen-bond donors (Lipinski definition) is 1. The van der Waals surface area contributed by atoms with E-state index in [1.807, 2.05) is 26.1 Å². The van der Waals surface area contributed by atoms with Crippen molar-refractivity contribution in [2.24, 2.45) is 7.05 Å². The maximum absolute atomic E-state index is 6.00. The molecule has 0 spiro atoms. The fourth-order valence-corrected chi connectivity index (χ4v) is 1.86. The molecule has 78 valence electrons. The zero-order valence-corrected chi connectivity index (χ0v) is 9.28. The number of nitrogen functional groups attached to an aromatic ring is 1. The van der Waals surface area contributed by atoms with Crippen molar-refractivity contribution in [3.63, 3.8) is 0 Å². The van der Waals surface area contributed by atoms with Gasteiger partial charge in [0.05, 0.1) is 5.69 Å². The fraction of sp³-hybridized carbons (Fsp3) is 0.250. The summed E-state index contributed by atoms with van der Waals surface area (Å²) in [7, 11) is 1.87. The minimum atomic E-state index is 0.724. The van der Waals surface area contributed by atoms with E-state index in [9.17, 15) is 0 Å². The molecule has 0 unspecified atom stereocenters. The highest BCUT2D eigenvalue weighted by Crippen LogP contribution is 2.30. The number of aryl methyl sites for hydroxylation is 3. The first-order valence-corrected chi connectivity index (χ1v) is 4.96. The summed E-state index contributed by atoms with van der Waals surface area (Å²) >= 11 is 0. The number of benzene rings is 1. The van der Waals surface area contributed by atoms with E-state index in [1.54, 1.807) is 4.68 Å². The Morgan fingerprint density at radius 2 is 1.87 bits per heavy atom. The highest BCUT2D eigenvalue weighted by Gasteiger charge is 2.13. The Kier molecular flexibility index (Phi) is 2.23. The van der Waals surface area contributed by atoms with Gasteiger partial charge in [-0.05, 0) is 25.0 Å². The van der Waals surface area contributed by atoms with Crippen molar-refractivity contribution in [2.45, 2.75) is 13.8 Å². The van der Waals surface area contributed by atoms with Crippen LogP contribution in [0.1, 0.15) is 11.3 Å². The van der Waals surface area contributed by atoms with Crippen molar-refractivity contribution >= 4 is 5.82 Å². The molecule has 0 aliphatic carbocycles. The van der Waals surface area contributed by atoms with Crippen LogP contribution < -0.4 is 5.73 Å². The smallest absolute Gasteiger partial charge is 0.129 e. The van der Waals surface area contributed by atoms with Gasteiger partial charge >= 0.3 is 0 Å². The lowest BCUT2D eigenvalue weighted by atomic mass is 10.0. The Morgan fingerprint density at radius 1 is 1.20 bits per heavy atom. The second kappa shape index (κ2) is 3.42. The highest BCUT2D eigenvalue weighted by atomic mass is 15.3. The average molecular weight is 201 g/mol. The van der Waals surface area contributed by atoms with Gasteiger partial charge in [0.1, 0.15) is 5.82 Å². The van der Waals surface area contributed by atoms with E-state index in [-0.39, 0.29) is 0 Å². The van der Waals surface area contributed by atoms with E-state index in [1.165, 1.54) is 11.1 Å². The molecule has 1 aromatic heterocycles. The number of anilines is 1. The van der Waals surface area contributed by atoms with Gasteiger partial charge in [-0.25, -0.2) is 0 Å². The number of rotatable bonds is 1. The molecule has 0 aliphatic heterocycles. The minimum absolute atomic E-state index is 0.724. The number of nitrogens with two attached hydrogens (primary N) is 1. The third kappa shape index (κ3) is 1.50. The summed E-state index contributed by atoms with van der Waals surface area (Å²) in [6, 6.07) is 8.21. The molecule has 3 nitrogen and oxygen atoms in total. The Balaban J connectivity index is 2.69. The van der Waals surface area contributed by atoms with Crippen LogP contribution in [0.2, 0.25) is 0 Å². The lowest BCUT2D eigenvalue weighted by molar-refractivity contribution is 0.767. The van der Waals surface area contributed by atoms with E-state index in [2.05, 4.69) is 24.2 Å². The topological polar surface area (TPSA) is 43.8 Å². The summed E-state index contributed by atoms with van der Waals surface area (Å²) in [5.41, 5.74) is 10.4. The number of hydrogen-bond acceptors (Lipinski definition) is 2. The summed E-state index contributed by atoms with van der Waals surface area (Å²) in [6.45, 7) is 4.07. The SMILES string of the molecule is Cc1ccccc1-c1c(C)nn(C)c1N. The molecule has 0 saturated heterocycles. The van der Waals surface area contributed by atoms with Crippen LogP contribution in [0.25, 0.3) is 11.1 Å². The quantitative estimate of drug-likeness (QED) is 0.769. The van der Waals surface area contributed by atoms with Crippen LogP contribution in [-0.4, -0.2) is 9.78 Å². The second-order valence-corrected chi connectivity index (χ2v) is 3.78. The molecule has 0 fully saturated rings. The summed E-state index contributed by atoms with van der Waals surface area (Å²) in [4.78, 5) is 0. The van der Waals surface area contributed by atoms with Crippen molar-refractivity contribution in [3.8, 4) is 11.1 Å². The summed E-state index contributed by atoms with van der Waals surface area (Å²) in [5.74, 6) is 0.724. The third-order valence-electron chi connectivity index (χ3n) is 2.68. The van der Waals surface area contributed by atoms with Crippen molar-refractivity contribution in [2.75, 3.05) is 5.73 Å². The predicted molar refractivity (Wildman–Crippen MR) is 62.5 cm³/mol. The van der Waals surface area contributed by atoms with Gasteiger partial charge in [-0.15, -0.1) is 0 Å². The van der Waals surface area contributed by atoms with Gasteiger partial charge in [-0.2, -0.15) is 5.10 Å². The Labute approximate surface area is 89.5 Å². The molecular weight excluding hydrogens is 186 g/mol. The largest absolute Gasteiger partial charge is 0.383 e. The van der Waals surface area contributed by atoms with E-state index >= 15 is 0 Å². The standard InChI is InChI=1S/C12H15N3/c1-8-6-4-5-7-10(8)11-9(2)14-15(3)12(11)13/h4-7H,13H2,1-3H3. The van der Waals surface area contributed by atoms with Crippen LogP contribution in [0.3, 0.4) is 0 Å². The monoisotopic (exact) mass is 201 g/mol. The first-order valence-electron chi connectivity index (χ1n) is 4.96. The first kappa shape index (κ1) is 9.77. The number of aromatic nitrogens is 2. The van der Waals surface area contributed by atoms with Gasteiger partial charge in [0.15, 0.2) is 0 Å². The molecule has 0 radical (unpaired) electrons. The lowest BCUT2D eigenvalue weighted by Gasteiger charge is -2.05. The van der Waals surface area contributed by atoms with Gasteiger partial charge < -0.3 is 5.73 Å². The van der Waals surface area contributed by atoms with Crippen molar-refractivity contribution < 1.29 is 0 Å². The van der Waals surface area contributed by atoms with Crippen LogP contribution in [0.15, 0.2) is 24.3 Å². The molecule has 1 heterocycles. The minimum Gasteiger partial charge on any atom is -0.383 e. The predicted octanol–water partition coefficient (Wildman–Crippen LogP) is 2.29. The summed E-state index contributed by atoms with van der Waals surface area (Å²) in [6.07, 6.45) is 0. The van der Waals surface area contributed by atoms with E-state index in [0.717, 1.165) is 17.1 Å². The molecule has 2 rings (SSSR count). The van der Waals surface area contributed by atoms with Crippen LogP contribution in [-0.2, 0) is 7.05 Å². The van der Waals surface area contributed by atoms with Crippen molar-refractivity contribution in [3.05, 3.63) is 35.5 Å². The van der Waals surface area contributed by atoms with Crippen LogP contribution in [0.5, 0.6) is 0 Å². The van der Waals surface area contributed by atoms with Gasteiger partial charge in [0, 0.05) is 12.6 Å².